The van der Waals surface area contributed by atoms with Crippen LogP contribution in [-0.2, 0) is 4.79 Å². The summed E-state index contributed by atoms with van der Waals surface area (Å²) in [6.45, 7) is 3.95. The van der Waals surface area contributed by atoms with Crippen LogP contribution >= 0.6 is 0 Å². The Morgan fingerprint density at radius 1 is 1.28 bits per heavy atom. The number of aliphatic carboxylic acids is 1. The number of benzene rings is 1. The topological polar surface area (TPSA) is 57.5 Å². The second-order valence-corrected chi connectivity index (χ2v) is 4.85. The van der Waals surface area contributed by atoms with Crippen molar-refractivity contribution in [3.05, 3.63) is 35.9 Å². The Morgan fingerprint density at radius 3 is 2.39 bits per heavy atom. The molecule has 1 aromatic rings. The van der Waals surface area contributed by atoms with Crippen molar-refractivity contribution < 1.29 is 15.0 Å². The van der Waals surface area contributed by atoms with Crippen molar-refractivity contribution in [1.82, 2.24) is 0 Å². The van der Waals surface area contributed by atoms with E-state index in [-0.39, 0.29) is 5.92 Å². The molecule has 1 aromatic carbocycles. The summed E-state index contributed by atoms with van der Waals surface area (Å²) < 4.78 is 0. The van der Waals surface area contributed by atoms with E-state index in [0.29, 0.717) is 12.8 Å². The van der Waals surface area contributed by atoms with E-state index in [1.807, 2.05) is 44.2 Å². The molecule has 0 aliphatic carbocycles. The normalized spacial score (nSPS) is 15.9. The summed E-state index contributed by atoms with van der Waals surface area (Å²) in [4.78, 5) is 11.1. The Hall–Kier alpha value is -1.35. The molecular weight excluding hydrogens is 228 g/mol. The van der Waals surface area contributed by atoms with Crippen LogP contribution in [0.3, 0.4) is 0 Å². The number of hydrogen-bond donors (Lipinski definition) is 2. The van der Waals surface area contributed by atoms with Crippen LogP contribution in [0.15, 0.2) is 30.3 Å². The van der Waals surface area contributed by atoms with Gasteiger partial charge < -0.3 is 10.2 Å². The molecule has 3 heteroatoms. The van der Waals surface area contributed by atoms with Crippen LogP contribution in [0.25, 0.3) is 0 Å². The molecule has 3 nitrogen and oxygen atoms in total. The molecule has 0 saturated carbocycles. The molecule has 0 saturated heterocycles. The SMILES string of the molecule is CCCC(C(=O)O)C(O)CC(C)c1ccccc1. The van der Waals surface area contributed by atoms with E-state index in [1.165, 1.54) is 0 Å². The Kier molecular flexibility index (Phi) is 5.86. The smallest absolute Gasteiger partial charge is 0.309 e. The molecule has 0 aliphatic heterocycles. The Morgan fingerprint density at radius 2 is 1.89 bits per heavy atom. The Balaban J connectivity index is 2.62. The molecule has 18 heavy (non-hydrogen) atoms. The zero-order valence-corrected chi connectivity index (χ0v) is 11.0. The van der Waals surface area contributed by atoms with Crippen LogP contribution in [0, 0.1) is 5.92 Å². The van der Waals surface area contributed by atoms with Crippen molar-refractivity contribution in [3.8, 4) is 0 Å². The quantitative estimate of drug-likeness (QED) is 0.782. The monoisotopic (exact) mass is 250 g/mol. The molecule has 0 amide bonds. The molecule has 0 radical (unpaired) electrons. The average Bonchev–Trinajstić information content (AvgIpc) is 2.36. The second kappa shape index (κ2) is 7.17. The maximum Gasteiger partial charge on any atom is 0.309 e. The van der Waals surface area contributed by atoms with Gasteiger partial charge in [-0.3, -0.25) is 4.79 Å². The molecule has 3 unspecified atom stereocenters. The van der Waals surface area contributed by atoms with E-state index < -0.39 is 18.0 Å². The number of aliphatic hydroxyl groups is 1. The highest BCUT2D eigenvalue weighted by Crippen LogP contribution is 2.25. The summed E-state index contributed by atoms with van der Waals surface area (Å²) in [6.07, 6.45) is 1.00. The summed E-state index contributed by atoms with van der Waals surface area (Å²) in [5.74, 6) is -1.38. The molecule has 0 heterocycles. The summed E-state index contributed by atoms with van der Waals surface area (Å²) >= 11 is 0. The predicted molar refractivity (Wildman–Crippen MR) is 71.5 cm³/mol. The summed E-state index contributed by atoms with van der Waals surface area (Å²) in [5.41, 5.74) is 1.14. The lowest BCUT2D eigenvalue weighted by Crippen LogP contribution is -2.29. The number of aliphatic hydroxyl groups excluding tert-OH is 1. The van der Waals surface area contributed by atoms with Crippen LogP contribution in [0.5, 0.6) is 0 Å². The summed E-state index contributed by atoms with van der Waals surface area (Å²) in [6, 6.07) is 9.88. The van der Waals surface area contributed by atoms with Gasteiger partial charge >= 0.3 is 5.97 Å². The van der Waals surface area contributed by atoms with Crippen molar-refractivity contribution in [2.45, 2.75) is 45.1 Å². The number of carboxylic acid groups (broad SMARTS) is 1. The maximum atomic E-state index is 11.1. The second-order valence-electron chi connectivity index (χ2n) is 4.85. The van der Waals surface area contributed by atoms with Gasteiger partial charge in [0.2, 0.25) is 0 Å². The molecule has 1 rings (SSSR count). The molecule has 100 valence electrons. The zero-order chi connectivity index (χ0) is 13.5. The Labute approximate surface area is 108 Å². The van der Waals surface area contributed by atoms with Crippen LogP contribution < -0.4 is 0 Å². The van der Waals surface area contributed by atoms with Gasteiger partial charge in [0, 0.05) is 0 Å². The average molecular weight is 250 g/mol. The van der Waals surface area contributed by atoms with E-state index in [0.717, 1.165) is 12.0 Å². The van der Waals surface area contributed by atoms with E-state index in [1.54, 1.807) is 0 Å². The third-order valence-corrected chi connectivity index (χ3v) is 3.34. The van der Waals surface area contributed by atoms with Gasteiger partial charge in [0.15, 0.2) is 0 Å². The first-order chi connectivity index (χ1) is 8.56. The van der Waals surface area contributed by atoms with Crippen LogP contribution in [-0.4, -0.2) is 22.3 Å². The molecule has 0 bridgehead atoms. The fourth-order valence-corrected chi connectivity index (χ4v) is 2.24. The molecular formula is C15H22O3. The van der Waals surface area contributed by atoms with Gasteiger partial charge in [0.05, 0.1) is 12.0 Å². The van der Waals surface area contributed by atoms with Gasteiger partial charge in [0.1, 0.15) is 0 Å². The minimum atomic E-state index is -0.899. The van der Waals surface area contributed by atoms with Crippen molar-refractivity contribution >= 4 is 5.97 Å². The van der Waals surface area contributed by atoms with Gasteiger partial charge in [-0.15, -0.1) is 0 Å². The lowest BCUT2D eigenvalue weighted by atomic mass is 9.87. The highest BCUT2D eigenvalue weighted by Gasteiger charge is 2.27. The van der Waals surface area contributed by atoms with E-state index in [2.05, 4.69) is 0 Å². The van der Waals surface area contributed by atoms with Crippen LogP contribution in [0.4, 0.5) is 0 Å². The molecule has 0 spiro atoms. The number of carboxylic acids is 1. The fourth-order valence-electron chi connectivity index (χ4n) is 2.24. The molecule has 0 fully saturated rings. The highest BCUT2D eigenvalue weighted by molar-refractivity contribution is 5.70. The van der Waals surface area contributed by atoms with E-state index >= 15 is 0 Å². The van der Waals surface area contributed by atoms with Gasteiger partial charge in [-0.1, -0.05) is 50.6 Å². The van der Waals surface area contributed by atoms with Crippen molar-refractivity contribution in [3.63, 3.8) is 0 Å². The van der Waals surface area contributed by atoms with Crippen molar-refractivity contribution in [2.75, 3.05) is 0 Å². The zero-order valence-electron chi connectivity index (χ0n) is 11.0. The Bertz CT molecular complexity index is 361. The predicted octanol–water partition coefficient (Wildman–Crippen LogP) is 3.04. The van der Waals surface area contributed by atoms with Crippen LogP contribution in [0.1, 0.15) is 44.6 Å². The molecule has 0 aromatic heterocycles. The third kappa shape index (κ3) is 4.15. The van der Waals surface area contributed by atoms with Crippen molar-refractivity contribution in [1.29, 1.82) is 0 Å². The number of hydrogen-bond acceptors (Lipinski definition) is 2. The van der Waals surface area contributed by atoms with Crippen LogP contribution in [0.2, 0.25) is 0 Å². The molecule has 3 atom stereocenters. The molecule has 0 aliphatic rings. The van der Waals surface area contributed by atoms with Gasteiger partial charge in [-0.2, -0.15) is 0 Å². The standard InChI is InChI=1S/C15H22O3/c1-3-7-13(15(17)18)14(16)10-11(2)12-8-5-4-6-9-12/h4-6,8-9,11,13-14,16H,3,7,10H2,1-2H3,(H,17,18). The van der Waals surface area contributed by atoms with E-state index in [4.69, 9.17) is 5.11 Å². The van der Waals surface area contributed by atoms with Gasteiger partial charge in [0.25, 0.3) is 0 Å². The fraction of sp³-hybridized carbons (Fsp3) is 0.533. The third-order valence-electron chi connectivity index (χ3n) is 3.34. The maximum absolute atomic E-state index is 11.1. The summed E-state index contributed by atoms with van der Waals surface area (Å²) in [7, 11) is 0. The lowest BCUT2D eigenvalue weighted by Gasteiger charge is -2.22. The first-order valence-electron chi connectivity index (χ1n) is 6.52. The van der Waals surface area contributed by atoms with Crippen molar-refractivity contribution in [2.24, 2.45) is 5.92 Å². The first kappa shape index (κ1) is 14.7. The number of rotatable bonds is 7. The largest absolute Gasteiger partial charge is 0.481 e. The number of carbonyl (C=O) groups is 1. The first-order valence-corrected chi connectivity index (χ1v) is 6.52. The summed E-state index contributed by atoms with van der Waals surface area (Å²) in [5, 5.41) is 19.2. The van der Waals surface area contributed by atoms with Gasteiger partial charge in [-0.25, -0.2) is 0 Å². The minimum Gasteiger partial charge on any atom is -0.481 e. The molecule has 2 N–H and O–H groups in total. The van der Waals surface area contributed by atoms with E-state index in [9.17, 15) is 9.90 Å². The minimum absolute atomic E-state index is 0.167. The lowest BCUT2D eigenvalue weighted by molar-refractivity contribution is -0.146. The van der Waals surface area contributed by atoms with Gasteiger partial charge in [-0.05, 0) is 24.3 Å². The highest BCUT2D eigenvalue weighted by atomic mass is 16.4.